The Morgan fingerprint density at radius 3 is 2.62 bits per heavy atom. The Morgan fingerprint density at radius 2 is 1.92 bits per heavy atom. The number of fused-ring (bicyclic) bond motifs is 1. The van der Waals surface area contributed by atoms with Crippen molar-refractivity contribution in [1.82, 2.24) is 0 Å². The van der Waals surface area contributed by atoms with Gasteiger partial charge in [0.1, 0.15) is 0 Å². The first-order valence-corrected chi connectivity index (χ1v) is 5.11. The molecule has 2 rings (SSSR count). The third kappa shape index (κ3) is 1.46. The fourth-order valence-corrected chi connectivity index (χ4v) is 3.09. The summed E-state index contributed by atoms with van der Waals surface area (Å²) in [5, 5.41) is 18.6. The number of carbonyl (C=O) groups is 1. The van der Waals surface area contributed by atoms with E-state index in [-0.39, 0.29) is 5.92 Å². The number of aliphatic carboxylic acids is 1. The fraction of sp³-hybridized carbons (Fsp3) is 0.900. The lowest BCUT2D eigenvalue weighted by molar-refractivity contribution is -0.151. The van der Waals surface area contributed by atoms with Crippen LogP contribution in [0.1, 0.15) is 32.1 Å². The molecule has 2 N–H and O–H groups in total. The Hall–Kier alpha value is -0.570. The highest BCUT2D eigenvalue weighted by Crippen LogP contribution is 2.45. The Bertz CT molecular complexity index is 214. The van der Waals surface area contributed by atoms with Gasteiger partial charge in [-0.15, -0.1) is 0 Å². The van der Waals surface area contributed by atoms with Gasteiger partial charge in [-0.2, -0.15) is 0 Å². The number of carboxylic acid groups (broad SMARTS) is 1. The van der Waals surface area contributed by atoms with E-state index in [0.29, 0.717) is 12.3 Å². The van der Waals surface area contributed by atoms with Crippen molar-refractivity contribution in [3.8, 4) is 0 Å². The van der Waals surface area contributed by atoms with Crippen molar-refractivity contribution in [3.63, 3.8) is 0 Å². The zero-order chi connectivity index (χ0) is 9.42. The molecular weight excluding hydrogens is 168 g/mol. The van der Waals surface area contributed by atoms with E-state index < -0.39 is 18.0 Å². The van der Waals surface area contributed by atoms with E-state index in [1.807, 2.05) is 0 Å². The molecular formula is C10H16O3. The van der Waals surface area contributed by atoms with Gasteiger partial charge in [0.15, 0.2) is 0 Å². The molecule has 13 heavy (non-hydrogen) atoms. The van der Waals surface area contributed by atoms with Gasteiger partial charge in [-0.1, -0.05) is 12.8 Å². The van der Waals surface area contributed by atoms with E-state index in [9.17, 15) is 9.90 Å². The summed E-state index contributed by atoms with van der Waals surface area (Å²) in [7, 11) is 0. The number of aliphatic hydroxyl groups excluding tert-OH is 1. The van der Waals surface area contributed by atoms with E-state index >= 15 is 0 Å². The monoisotopic (exact) mass is 184 g/mol. The smallest absolute Gasteiger partial charge is 0.309 e. The zero-order valence-corrected chi connectivity index (χ0v) is 7.65. The number of carboxylic acids is 1. The standard InChI is InChI=1S/C10H16O3/c11-8-5-4-6-2-1-3-7(6)9(8)10(12)13/h6-9,11H,1-5H2,(H,12,13). The maximum atomic E-state index is 10.9. The quantitative estimate of drug-likeness (QED) is 0.645. The average molecular weight is 184 g/mol. The lowest BCUT2D eigenvalue weighted by atomic mass is 9.72. The molecule has 4 atom stereocenters. The van der Waals surface area contributed by atoms with E-state index in [1.165, 1.54) is 6.42 Å². The molecule has 0 aliphatic heterocycles. The first-order chi connectivity index (χ1) is 6.20. The molecule has 0 heterocycles. The summed E-state index contributed by atoms with van der Waals surface area (Å²) in [5.41, 5.74) is 0. The van der Waals surface area contributed by atoms with Crippen molar-refractivity contribution in [2.45, 2.75) is 38.2 Å². The van der Waals surface area contributed by atoms with Crippen LogP contribution in [0, 0.1) is 17.8 Å². The molecule has 2 fully saturated rings. The molecule has 3 nitrogen and oxygen atoms in total. The highest BCUT2D eigenvalue weighted by Gasteiger charge is 2.44. The summed E-state index contributed by atoms with van der Waals surface area (Å²) in [6, 6.07) is 0. The van der Waals surface area contributed by atoms with Gasteiger partial charge in [0, 0.05) is 0 Å². The second kappa shape index (κ2) is 3.29. The summed E-state index contributed by atoms with van der Waals surface area (Å²) < 4.78 is 0. The largest absolute Gasteiger partial charge is 0.481 e. The first kappa shape index (κ1) is 9.00. The molecule has 0 radical (unpaired) electrons. The van der Waals surface area contributed by atoms with Crippen LogP contribution in [0.25, 0.3) is 0 Å². The second-order valence-electron chi connectivity index (χ2n) is 4.36. The molecule has 4 unspecified atom stereocenters. The minimum atomic E-state index is -0.802. The second-order valence-corrected chi connectivity index (χ2v) is 4.36. The van der Waals surface area contributed by atoms with E-state index in [1.54, 1.807) is 0 Å². The summed E-state index contributed by atoms with van der Waals surface area (Å²) in [6.45, 7) is 0. The van der Waals surface area contributed by atoms with E-state index in [2.05, 4.69) is 0 Å². The molecule has 3 heteroatoms. The Balaban J connectivity index is 2.15. The zero-order valence-electron chi connectivity index (χ0n) is 7.65. The van der Waals surface area contributed by atoms with Gasteiger partial charge in [0.25, 0.3) is 0 Å². The lowest BCUT2D eigenvalue weighted by Crippen LogP contribution is -2.40. The Morgan fingerprint density at radius 1 is 1.15 bits per heavy atom. The van der Waals surface area contributed by atoms with Crippen LogP contribution in [0.5, 0.6) is 0 Å². The number of aliphatic hydroxyl groups is 1. The maximum absolute atomic E-state index is 10.9. The minimum absolute atomic E-state index is 0.251. The summed E-state index contributed by atoms with van der Waals surface area (Å²) in [5.74, 6) is -0.462. The van der Waals surface area contributed by atoms with Crippen molar-refractivity contribution in [1.29, 1.82) is 0 Å². The van der Waals surface area contributed by atoms with E-state index in [0.717, 1.165) is 19.3 Å². The third-order valence-electron chi connectivity index (χ3n) is 3.71. The maximum Gasteiger partial charge on any atom is 0.309 e. The van der Waals surface area contributed by atoms with Crippen LogP contribution in [0.3, 0.4) is 0 Å². The van der Waals surface area contributed by atoms with Crippen molar-refractivity contribution in [2.75, 3.05) is 0 Å². The predicted molar refractivity (Wildman–Crippen MR) is 47.2 cm³/mol. The van der Waals surface area contributed by atoms with Gasteiger partial charge in [0.2, 0.25) is 0 Å². The van der Waals surface area contributed by atoms with Gasteiger partial charge in [-0.05, 0) is 31.1 Å². The van der Waals surface area contributed by atoms with Crippen LogP contribution < -0.4 is 0 Å². The van der Waals surface area contributed by atoms with Gasteiger partial charge in [-0.3, -0.25) is 4.79 Å². The fourth-order valence-electron chi connectivity index (χ4n) is 3.09. The van der Waals surface area contributed by atoms with Crippen molar-refractivity contribution in [3.05, 3.63) is 0 Å². The topological polar surface area (TPSA) is 57.5 Å². The normalized spacial score (nSPS) is 44.4. The van der Waals surface area contributed by atoms with Gasteiger partial charge in [0.05, 0.1) is 12.0 Å². The van der Waals surface area contributed by atoms with Crippen LogP contribution in [-0.4, -0.2) is 22.3 Å². The summed E-state index contributed by atoms with van der Waals surface area (Å²) in [6.07, 6.45) is 4.41. The summed E-state index contributed by atoms with van der Waals surface area (Å²) >= 11 is 0. The molecule has 0 aromatic carbocycles. The van der Waals surface area contributed by atoms with Gasteiger partial charge < -0.3 is 10.2 Å². The number of rotatable bonds is 1. The minimum Gasteiger partial charge on any atom is -0.481 e. The van der Waals surface area contributed by atoms with Crippen LogP contribution >= 0.6 is 0 Å². The SMILES string of the molecule is O=C(O)C1C(O)CCC2CCCC21. The molecule has 2 saturated carbocycles. The number of hydrogen-bond acceptors (Lipinski definition) is 2. The molecule has 2 aliphatic carbocycles. The molecule has 0 aromatic heterocycles. The van der Waals surface area contributed by atoms with Crippen LogP contribution in [0.2, 0.25) is 0 Å². The van der Waals surface area contributed by atoms with Crippen LogP contribution in [0.4, 0.5) is 0 Å². The van der Waals surface area contributed by atoms with Crippen molar-refractivity contribution >= 4 is 5.97 Å². The van der Waals surface area contributed by atoms with Crippen LogP contribution in [-0.2, 0) is 4.79 Å². The lowest BCUT2D eigenvalue weighted by Gasteiger charge is -2.34. The first-order valence-electron chi connectivity index (χ1n) is 5.11. The summed E-state index contributed by atoms with van der Waals surface area (Å²) in [4.78, 5) is 10.9. The Kier molecular flexibility index (Phi) is 2.28. The number of hydrogen-bond donors (Lipinski definition) is 2. The predicted octanol–water partition coefficient (Wildman–Crippen LogP) is 1.26. The molecule has 0 spiro atoms. The average Bonchev–Trinajstić information content (AvgIpc) is 2.50. The van der Waals surface area contributed by atoms with Crippen molar-refractivity contribution in [2.24, 2.45) is 17.8 Å². The van der Waals surface area contributed by atoms with Gasteiger partial charge >= 0.3 is 5.97 Å². The van der Waals surface area contributed by atoms with Crippen LogP contribution in [0.15, 0.2) is 0 Å². The third-order valence-corrected chi connectivity index (χ3v) is 3.71. The molecule has 0 bridgehead atoms. The van der Waals surface area contributed by atoms with Gasteiger partial charge in [-0.25, -0.2) is 0 Å². The molecule has 0 amide bonds. The highest BCUT2D eigenvalue weighted by molar-refractivity contribution is 5.71. The van der Waals surface area contributed by atoms with Crippen molar-refractivity contribution < 1.29 is 15.0 Å². The molecule has 2 aliphatic rings. The van der Waals surface area contributed by atoms with E-state index in [4.69, 9.17) is 5.11 Å². The molecule has 74 valence electrons. The molecule has 0 aromatic rings. The Labute approximate surface area is 77.8 Å². The molecule has 0 saturated heterocycles. The highest BCUT2D eigenvalue weighted by atomic mass is 16.4.